The summed E-state index contributed by atoms with van der Waals surface area (Å²) in [7, 11) is 5.92. The first-order valence-electron chi connectivity index (χ1n) is 7.05. The van der Waals surface area contributed by atoms with Gasteiger partial charge in [-0.3, -0.25) is 14.4 Å². The fourth-order valence-electron chi connectivity index (χ4n) is 2.65. The van der Waals surface area contributed by atoms with Gasteiger partial charge in [-0.15, -0.1) is 0 Å². The Bertz CT molecular complexity index is 500. The van der Waals surface area contributed by atoms with Crippen molar-refractivity contribution in [1.82, 2.24) is 19.6 Å². The molecule has 0 amide bonds. The summed E-state index contributed by atoms with van der Waals surface area (Å²) >= 11 is 6.32. The van der Waals surface area contributed by atoms with Gasteiger partial charge in [0.25, 0.3) is 0 Å². The Kier molecular flexibility index (Phi) is 4.83. The molecule has 1 saturated heterocycles. The minimum Gasteiger partial charge on any atom is -0.303 e. The number of aryl methyl sites for hydroxylation is 2. The number of hydrogen-bond donors (Lipinski definition) is 0. The van der Waals surface area contributed by atoms with Crippen LogP contribution in [0.5, 0.6) is 0 Å². The van der Waals surface area contributed by atoms with Gasteiger partial charge in [0.15, 0.2) is 5.78 Å². The van der Waals surface area contributed by atoms with Crippen molar-refractivity contribution < 1.29 is 4.79 Å². The van der Waals surface area contributed by atoms with Crippen LogP contribution in [0.25, 0.3) is 0 Å². The first-order valence-corrected chi connectivity index (χ1v) is 7.43. The number of piperazine rings is 1. The van der Waals surface area contributed by atoms with Crippen LogP contribution in [0.15, 0.2) is 0 Å². The van der Waals surface area contributed by atoms with Crippen LogP contribution in [0.3, 0.4) is 0 Å². The number of rotatable bonds is 4. The molecule has 1 aliphatic heterocycles. The van der Waals surface area contributed by atoms with E-state index < -0.39 is 0 Å². The van der Waals surface area contributed by atoms with E-state index in [1.54, 1.807) is 4.68 Å². The van der Waals surface area contributed by atoms with Gasteiger partial charge in [0.2, 0.25) is 0 Å². The Hall–Kier alpha value is -0.910. The van der Waals surface area contributed by atoms with Crippen molar-refractivity contribution in [2.24, 2.45) is 7.05 Å². The molecule has 5 nitrogen and oxygen atoms in total. The third-order valence-corrected chi connectivity index (χ3v) is 4.50. The molecular weight excluding hydrogens is 276 g/mol. The summed E-state index contributed by atoms with van der Waals surface area (Å²) in [5.41, 5.74) is 1.70. The maximum Gasteiger partial charge on any atom is 0.157 e. The molecule has 6 heteroatoms. The first kappa shape index (κ1) is 15.5. The highest BCUT2D eigenvalue weighted by Gasteiger charge is 2.29. The van der Waals surface area contributed by atoms with Crippen LogP contribution in [0.1, 0.15) is 18.3 Å². The van der Waals surface area contributed by atoms with Crippen molar-refractivity contribution in [3.05, 3.63) is 16.4 Å². The van der Waals surface area contributed by atoms with E-state index in [1.165, 1.54) is 0 Å². The molecule has 0 aromatic carbocycles. The van der Waals surface area contributed by atoms with Crippen molar-refractivity contribution in [3.63, 3.8) is 0 Å². The molecule has 0 radical (unpaired) electrons. The molecule has 1 aliphatic rings. The highest BCUT2D eigenvalue weighted by atomic mass is 35.5. The molecule has 0 aliphatic carbocycles. The van der Waals surface area contributed by atoms with E-state index in [2.05, 4.69) is 21.9 Å². The predicted molar refractivity (Wildman–Crippen MR) is 80.2 cm³/mol. The van der Waals surface area contributed by atoms with E-state index in [0.717, 1.165) is 37.4 Å². The third-order valence-electron chi connectivity index (χ3n) is 4.07. The van der Waals surface area contributed by atoms with Crippen LogP contribution < -0.4 is 0 Å². The van der Waals surface area contributed by atoms with Crippen molar-refractivity contribution in [1.29, 1.82) is 0 Å². The molecule has 20 heavy (non-hydrogen) atoms. The SMILES string of the molecule is CCc1nn(C)c(CC(=O)C2CN(C)CCN2C)c1Cl. The molecule has 0 spiro atoms. The topological polar surface area (TPSA) is 41.4 Å². The van der Waals surface area contributed by atoms with Crippen LogP contribution >= 0.6 is 11.6 Å². The van der Waals surface area contributed by atoms with Gasteiger partial charge >= 0.3 is 0 Å². The number of Topliss-reactive ketones (excluding diaryl/α,β-unsaturated/α-hetero) is 1. The number of aromatic nitrogens is 2. The van der Waals surface area contributed by atoms with E-state index in [0.29, 0.717) is 11.4 Å². The summed E-state index contributed by atoms with van der Waals surface area (Å²) in [4.78, 5) is 16.9. The number of halogens is 1. The fraction of sp³-hybridized carbons (Fsp3) is 0.714. The molecule has 0 bridgehead atoms. The lowest BCUT2D eigenvalue weighted by Crippen LogP contribution is -2.54. The van der Waals surface area contributed by atoms with Crippen LogP contribution in [0, 0.1) is 0 Å². The van der Waals surface area contributed by atoms with Gasteiger partial charge in [-0.1, -0.05) is 18.5 Å². The maximum absolute atomic E-state index is 12.6. The fourth-order valence-corrected chi connectivity index (χ4v) is 3.01. The van der Waals surface area contributed by atoms with Crippen LogP contribution in [0.4, 0.5) is 0 Å². The lowest BCUT2D eigenvalue weighted by molar-refractivity contribution is -0.125. The van der Waals surface area contributed by atoms with Crippen LogP contribution in [-0.2, 0) is 24.7 Å². The van der Waals surface area contributed by atoms with E-state index in [1.807, 2.05) is 21.0 Å². The highest BCUT2D eigenvalue weighted by Crippen LogP contribution is 2.22. The smallest absolute Gasteiger partial charge is 0.157 e. The van der Waals surface area contributed by atoms with Gasteiger partial charge in [-0.25, -0.2) is 0 Å². The van der Waals surface area contributed by atoms with E-state index >= 15 is 0 Å². The second-order valence-corrected chi connectivity index (χ2v) is 5.96. The summed E-state index contributed by atoms with van der Waals surface area (Å²) in [6, 6.07) is -0.0511. The largest absolute Gasteiger partial charge is 0.303 e. The highest BCUT2D eigenvalue weighted by molar-refractivity contribution is 6.32. The Morgan fingerprint density at radius 1 is 1.35 bits per heavy atom. The molecular formula is C14H23ClN4O. The molecule has 112 valence electrons. The number of carbonyl (C=O) groups is 1. The summed E-state index contributed by atoms with van der Waals surface area (Å²) < 4.78 is 1.74. The summed E-state index contributed by atoms with van der Waals surface area (Å²) in [6.07, 6.45) is 1.14. The Morgan fingerprint density at radius 2 is 2.05 bits per heavy atom. The Balaban J connectivity index is 2.13. The number of nitrogens with zero attached hydrogens (tertiary/aromatic N) is 4. The van der Waals surface area contributed by atoms with E-state index in [9.17, 15) is 4.79 Å². The predicted octanol–water partition coefficient (Wildman–Crippen LogP) is 0.993. The average molecular weight is 299 g/mol. The molecule has 1 unspecified atom stereocenters. The summed E-state index contributed by atoms with van der Waals surface area (Å²) in [6.45, 7) is 4.73. The zero-order chi connectivity index (χ0) is 14.9. The van der Waals surface area contributed by atoms with Gasteiger partial charge < -0.3 is 4.90 Å². The Labute approximate surface area is 125 Å². The van der Waals surface area contributed by atoms with Gasteiger partial charge in [0.05, 0.1) is 28.9 Å². The molecule has 2 rings (SSSR count). The Morgan fingerprint density at radius 3 is 2.65 bits per heavy atom. The first-order chi connectivity index (χ1) is 9.43. The van der Waals surface area contributed by atoms with Crippen molar-refractivity contribution in [3.8, 4) is 0 Å². The summed E-state index contributed by atoms with van der Waals surface area (Å²) in [5, 5.41) is 5.02. The second kappa shape index (κ2) is 6.24. The molecule has 1 atom stereocenters. The van der Waals surface area contributed by atoms with Gasteiger partial charge in [0.1, 0.15) is 0 Å². The van der Waals surface area contributed by atoms with E-state index in [-0.39, 0.29) is 11.8 Å². The number of likely N-dealkylation sites (N-methyl/N-ethyl adjacent to an activating group) is 2. The average Bonchev–Trinajstić information content (AvgIpc) is 2.68. The van der Waals surface area contributed by atoms with Crippen molar-refractivity contribution in [2.75, 3.05) is 33.7 Å². The minimum absolute atomic E-state index is 0.0511. The standard InChI is InChI=1S/C14H23ClN4O/c1-5-10-14(15)11(19(4)16-10)8-13(20)12-9-17(2)6-7-18(12)3/h12H,5-9H2,1-4H3. The third kappa shape index (κ3) is 3.05. The second-order valence-electron chi connectivity index (χ2n) is 5.59. The zero-order valence-electron chi connectivity index (χ0n) is 12.7. The molecule has 1 fully saturated rings. The number of ketones is 1. The monoisotopic (exact) mass is 298 g/mol. The molecule has 1 aromatic rings. The van der Waals surface area contributed by atoms with Gasteiger partial charge in [-0.05, 0) is 20.5 Å². The summed E-state index contributed by atoms with van der Waals surface area (Å²) in [5.74, 6) is 0.214. The molecule has 0 N–H and O–H groups in total. The van der Waals surface area contributed by atoms with E-state index in [4.69, 9.17) is 11.6 Å². The molecule has 2 heterocycles. The van der Waals surface area contributed by atoms with Crippen molar-refractivity contribution in [2.45, 2.75) is 25.8 Å². The molecule has 1 aromatic heterocycles. The molecule has 0 saturated carbocycles. The van der Waals surface area contributed by atoms with Crippen LogP contribution in [-0.4, -0.2) is 65.1 Å². The number of carbonyl (C=O) groups excluding carboxylic acids is 1. The van der Waals surface area contributed by atoms with Gasteiger partial charge in [0, 0.05) is 26.7 Å². The van der Waals surface area contributed by atoms with Crippen LogP contribution in [0.2, 0.25) is 5.02 Å². The lowest BCUT2D eigenvalue weighted by atomic mass is 10.0. The lowest BCUT2D eigenvalue weighted by Gasteiger charge is -2.36. The minimum atomic E-state index is -0.0511. The quantitative estimate of drug-likeness (QED) is 0.831. The zero-order valence-corrected chi connectivity index (χ0v) is 13.4. The maximum atomic E-state index is 12.6. The van der Waals surface area contributed by atoms with Gasteiger partial charge in [-0.2, -0.15) is 5.10 Å². The normalized spacial score (nSPS) is 21.4. The number of hydrogen-bond acceptors (Lipinski definition) is 4. The van der Waals surface area contributed by atoms with Crippen molar-refractivity contribution >= 4 is 17.4 Å².